The van der Waals surface area contributed by atoms with Crippen LogP contribution in [-0.4, -0.2) is 47.4 Å². The Morgan fingerprint density at radius 3 is 1.03 bits per heavy atom. The maximum absolute atomic E-state index is 12.4. The number of unbranched alkanes of at least 4 members (excludes halogenated alkanes) is 47. The Hall–Kier alpha value is -1.92. The first kappa shape index (κ1) is 72.1. The summed E-state index contributed by atoms with van der Waals surface area (Å²) in [5.74, 6) is -0.0565. The molecule has 0 bridgehead atoms. The molecule has 6 nitrogen and oxygen atoms in total. The third-order valence-electron chi connectivity index (χ3n) is 15.4. The van der Waals surface area contributed by atoms with Gasteiger partial charge in [-0.3, -0.25) is 9.59 Å². The van der Waals surface area contributed by atoms with Crippen molar-refractivity contribution in [2.75, 3.05) is 13.2 Å². The minimum absolute atomic E-state index is 0.0152. The van der Waals surface area contributed by atoms with Crippen LogP contribution >= 0.6 is 0 Å². The van der Waals surface area contributed by atoms with Crippen molar-refractivity contribution in [1.29, 1.82) is 0 Å². The Bertz CT molecular complexity index is 1200. The first-order valence-corrected chi connectivity index (χ1v) is 33.3. The number of aliphatic hydroxyl groups excluding tert-OH is 2. The second-order valence-electron chi connectivity index (χ2n) is 22.8. The number of allylic oxidation sites excluding steroid dienone is 5. The largest absolute Gasteiger partial charge is 0.466 e. The van der Waals surface area contributed by atoms with E-state index in [-0.39, 0.29) is 18.5 Å². The highest BCUT2D eigenvalue weighted by Crippen LogP contribution is 2.18. The molecule has 0 saturated heterocycles. The van der Waals surface area contributed by atoms with Gasteiger partial charge in [-0.1, -0.05) is 320 Å². The van der Waals surface area contributed by atoms with Crippen molar-refractivity contribution < 1.29 is 24.5 Å². The number of carbonyl (C=O) groups is 2. The van der Waals surface area contributed by atoms with Crippen molar-refractivity contribution in [2.24, 2.45) is 0 Å². The summed E-state index contributed by atoms with van der Waals surface area (Å²) in [5, 5.41) is 23.0. The molecular weight excluding hydrogens is 911 g/mol. The minimum Gasteiger partial charge on any atom is -0.466 e. The molecule has 6 heteroatoms. The summed E-state index contributed by atoms with van der Waals surface area (Å²) in [4.78, 5) is 24.5. The molecule has 3 N–H and O–H groups in total. The third-order valence-corrected chi connectivity index (χ3v) is 15.4. The van der Waals surface area contributed by atoms with Gasteiger partial charge in [0.25, 0.3) is 0 Å². The van der Waals surface area contributed by atoms with E-state index in [0.29, 0.717) is 19.4 Å². The molecule has 0 heterocycles. The zero-order valence-electron chi connectivity index (χ0n) is 49.8. The Labute approximate surface area is 462 Å². The van der Waals surface area contributed by atoms with E-state index < -0.39 is 12.1 Å². The van der Waals surface area contributed by atoms with Gasteiger partial charge in [0.2, 0.25) is 5.91 Å². The summed E-state index contributed by atoms with van der Waals surface area (Å²) in [6, 6.07) is -0.629. The Balaban J connectivity index is 3.39. The SMILES string of the molecule is CCCCCCCCCCC/C=C/C(O)C(CO)NC(=O)CCCCCCCCCCCCC/C=C\C/C=C\CCCCCCCCCCCOC(=O)CCCCCCCCCCCCCCCCCCCCC. The quantitative estimate of drug-likeness (QED) is 0.0320. The summed E-state index contributed by atoms with van der Waals surface area (Å²) in [7, 11) is 0. The van der Waals surface area contributed by atoms with Gasteiger partial charge in [0.05, 0.1) is 25.4 Å². The summed E-state index contributed by atoms with van der Waals surface area (Å²) in [5.41, 5.74) is 0. The molecule has 2 unspecified atom stereocenters. The number of amides is 1. The summed E-state index contributed by atoms with van der Waals surface area (Å²) in [6.45, 7) is 4.91. The van der Waals surface area contributed by atoms with Gasteiger partial charge in [-0.2, -0.15) is 0 Å². The van der Waals surface area contributed by atoms with Crippen LogP contribution in [0.5, 0.6) is 0 Å². The molecule has 0 fully saturated rings. The molecule has 0 saturated carbocycles. The molecular formula is C68H129NO5. The van der Waals surface area contributed by atoms with E-state index >= 15 is 0 Å². The van der Waals surface area contributed by atoms with E-state index in [0.717, 1.165) is 44.9 Å². The molecule has 0 spiro atoms. The second-order valence-corrected chi connectivity index (χ2v) is 22.8. The number of hydrogen-bond acceptors (Lipinski definition) is 5. The van der Waals surface area contributed by atoms with Crippen LogP contribution in [0, 0.1) is 0 Å². The zero-order chi connectivity index (χ0) is 53.6. The average molecular weight is 1040 g/mol. The van der Waals surface area contributed by atoms with Crippen LogP contribution < -0.4 is 5.32 Å². The molecule has 0 rings (SSSR count). The van der Waals surface area contributed by atoms with Crippen molar-refractivity contribution in [2.45, 2.75) is 373 Å². The number of carbonyl (C=O) groups excluding carboxylic acids is 2. The van der Waals surface area contributed by atoms with Crippen LogP contribution in [0.4, 0.5) is 0 Å². The molecule has 2 atom stereocenters. The number of ether oxygens (including phenoxy) is 1. The molecule has 1 amide bonds. The van der Waals surface area contributed by atoms with Crippen LogP contribution in [0.1, 0.15) is 361 Å². The smallest absolute Gasteiger partial charge is 0.305 e. The van der Waals surface area contributed by atoms with E-state index in [4.69, 9.17) is 4.74 Å². The standard InChI is InChI=1S/C68H129NO5/c1-3-5-7-9-11-13-15-16-17-18-28-32-35-38-42-46-50-54-58-62-68(73)74-63-59-55-51-47-43-39-36-33-30-27-25-23-21-19-20-22-24-26-29-31-34-37-41-45-49-53-57-61-67(72)69-65(64-70)66(71)60-56-52-48-44-40-14-12-10-8-6-4-2/h19-20,23,25,56,60,65-66,70-71H,3-18,21-22,24,26-55,57-59,61-64H2,1-2H3,(H,69,72)/b20-19-,25-23-,60-56+. The van der Waals surface area contributed by atoms with Gasteiger partial charge in [-0.15, -0.1) is 0 Å². The van der Waals surface area contributed by atoms with Crippen molar-refractivity contribution >= 4 is 11.9 Å². The highest BCUT2D eigenvalue weighted by atomic mass is 16.5. The molecule has 436 valence electrons. The fraction of sp³-hybridized carbons (Fsp3) is 0.882. The van der Waals surface area contributed by atoms with Crippen molar-refractivity contribution in [3.63, 3.8) is 0 Å². The van der Waals surface area contributed by atoms with Gasteiger partial charge in [0, 0.05) is 12.8 Å². The number of aliphatic hydroxyl groups is 2. The lowest BCUT2D eigenvalue weighted by Gasteiger charge is -2.20. The molecule has 0 aromatic carbocycles. The van der Waals surface area contributed by atoms with Gasteiger partial charge in [0.1, 0.15) is 0 Å². The van der Waals surface area contributed by atoms with Crippen molar-refractivity contribution in [1.82, 2.24) is 5.32 Å². The summed E-state index contributed by atoms with van der Waals surface area (Å²) < 4.78 is 5.50. The average Bonchev–Trinajstić information content (AvgIpc) is 3.40. The highest BCUT2D eigenvalue weighted by Gasteiger charge is 2.18. The fourth-order valence-corrected chi connectivity index (χ4v) is 10.3. The molecule has 0 aliphatic rings. The lowest BCUT2D eigenvalue weighted by molar-refractivity contribution is -0.143. The van der Waals surface area contributed by atoms with E-state index in [1.54, 1.807) is 6.08 Å². The number of nitrogens with one attached hydrogen (secondary N) is 1. The maximum atomic E-state index is 12.4. The first-order chi connectivity index (χ1) is 36.5. The monoisotopic (exact) mass is 1040 g/mol. The Morgan fingerprint density at radius 1 is 0.378 bits per heavy atom. The normalized spacial score (nSPS) is 12.8. The third kappa shape index (κ3) is 59.3. The number of rotatable bonds is 62. The van der Waals surface area contributed by atoms with Crippen LogP contribution in [0.2, 0.25) is 0 Å². The molecule has 0 aliphatic heterocycles. The topological polar surface area (TPSA) is 95.9 Å². The number of esters is 1. The minimum atomic E-state index is -0.845. The van der Waals surface area contributed by atoms with Gasteiger partial charge >= 0.3 is 5.97 Å². The van der Waals surface area contributed by atoms with Crippen molar-refractivity contribution in [3.8, 4) is 0 Å². The zero-order valence-corrected chi connectivity index (χ0v) is 49.8. The summed E-state index contributed by atoms with van der Waals surface area (Å²) in [6.07, 6.45) is 80.7. The van der Waals surface area contributed by atoms with E-state index in [1.165, 1.54) is 289 Å². The van der Waals surface area contributed by atoms with Gasteiger partial charge in [-0.05, 0) is 64.2 Å². The predicted molar refractivity (Wildman–Crippen MR) is 324 cm³/mol. The summed E-state index contributed by atoms with van der Waals surface area (Å²) >= 11 is 0. The Morgan fingerprint density at radius 2 is 0.676 bits per heavy atom. The fourth-order valence-electron chi connectivity index (χ4n) is 10.3. The van der Waals surface area contributed by atoms with Crippen LogP contribution in [-0.2, 0) is 14.3 Å². The predicted octanol–water partition coefficient (Wildman–Crippen LogP) is 21.1. The van der Waals surface area contributed by atoms with E-state index in [9.17, 15) is 19.8 Å². The van der Waals surface area contributed by atoms with Crippen LogP contribution in [0.15, 0.2) is 36.5 Å². The molecule has 0 aliphatic carbocycles. The molecule has 0 radical (unpaired) electrons. The maximum Gasteiger partial charge on any atom is 0.305 e. The van der Waals surface area contributed by atoms with E-state index in [2.05, 4.69) is 43.5 Å². The van der Waals surface area contributed by atoms with Crippen LogP contribution in [0.3, 0.4) is 0 Å². The highest BCUT2D eigenvalue weighted by molar-refractivity contribution is 5.76. The van der Waals surface area contributed by atoms with Crippen molar-refractivity contribution in [3.05, 3.63) is 36.5 Å². The lowest BCUT2D eigenvalue weighted by Crippen LogP contribution is -2.45. The lowest BCUT2D eigenvalue weighted by atomic mass is 10.0. The van der Waals surface area contributed by atoms with Gasteiger partial charge in [0.15, 0.2) is 0 Å². The van der Waals surface area contributed by atoms with Crippen LogP contribution in [0.25, 0.3) is 0 Å². The molecule has 74 heavy (non-hydrogen) atoms. The molecule has 0 aromatic rings. The van der Waals surface area contributed by atoms with Gasteiger partial charge < -0.3 is 20.3 Å². The number of hydrogen-bond donors (Lipinski definition) is 3. The first-order valence-electron chi connectivity index (χ1n) is 33.3. The van der Waals surface area contributed by atoms with Gasteiger partial charge in [-0.25, -0.2) is 0 Å². The Kier molecular flexibility index (Phi) is 62.0. The molecule has 0 aromatic heterocycles. The van der Waals surface area contributed by atoms with E-state index in [1.807, 2.05) is 6.08 Å². The second kappa shape index (κ2) is 63.6.